The number of hydrogen-bond acceptors (Lipinski definition) is 5. The first-order valence-corrected chi connectivity index (χ1v) is 5.95. The average Bonchev–Trinajstić information content (AvgIpc) is 2.29. The molecule has 1 amide bonds. The van der Waals surface area contributed by atoms with Crippen molar-refractivity contribution in [3.8, 4) is 0 Å². The lowest BCUT2D eigenvalue weighted by Gasteiger charge is -2.33. The van der Waals surface area contributed by atoms with Crippen LogP contribution in [0.4, 0.5) is 4.79 Å². The molecule has 2 aliphatic rings. The molecule has 0 spiro atoms. The van der Waals surface area contributed by atoms with Crippen LogP contribution in [0.3, 0.4) is 0 Å². The lowest BCUT2D eigenvalue weighted by Crippen LogP contribution is -2.47. The van der Waals surface area contributed by atoms with Crippen LogP contribution in [0, 0.1) is 0 Å². The molecule has 2 saturated heterocycles. The Hall–Kier alpha value is -0.850. The van der Waals surface area contributed by atoms with Gasteiger partial charge in [-0.25, -0.2) is 4.79 Å². The second kappa shape index (κ2) is 5.66. The fourth-order valence-electron chi connectivity index (χ4n) is 1.90. The molecular weight excluding hydrogens is 226 g/mol. The van der Waals surface area contributed by atoms with E-state index >= 15 is 0 Å². The van der Waals surface area contributed by atoms with Gasteiger partial charge in [0.1, 0.15) is 6.61 Å². The van der Waals surface area contributed by atoms with Gasteiger partial charge in [0, 0.05) is 6.54 Å². The summed E-state index contributed by atoms with van der Waals surface area (Å²) in [5.41, 5.74) is 0. The van der Waals surface area contributed by atoms with Crippen molar-refractivity contribution in [3.63, 3.8) is 0 Å². The summed E-state index contributed by atoms with van der Waals surface area (Å²) >= 11 is 0. The zero-order chi connectivity index (χ0) is 12.3. The summed E-state index contributed by atoms with van der Waals surface area (Å²) in [7, 11) is 0. The van der Waals surface area contributed by atoms with E-state index in [9.17, 15) is 4.79 Å². The van der Waals surface area contributed by atoms with Crippen LogP contribution in [0.15, 0.2) is 0 Å². The Labute approximate surface area is 101 Å². The average molecular weight is 245 g/mol. The number of carbonyl (C=O) groups excluding carboxylic acids is 1. The van der Waals surface area contributed by atoms with Gasteiger partial charge in [0.15, 0.2) is 0 Å². The van der Waals surface area contributed by atoms with Crippen molar-refractivity contribution in [3.05, 3.63) is 0 Å². The predicted octanol–water partition coefficient (Wildman–Crippen LogP) is 0.605. The quantitative estimate of drug-likeness (QED) is 0.677. The Morgan fingerprint density at radius 2 is 2.12 bits per heavy atom. The lowest BCUT2D eigenvalue weighted by molar-refractivity contribution is -0.218. The van der Waals surface area contributed by atoms with Crippen molar-refractivity contribution in [1.29, 1.82) is 0 Å². The van der Waals surface area contributed by atoms with E-state index in [4.69, 9.17) is 18.9 Å². The van der Waals surface area contributed by atoms with Gasteiger partial charge in [0.25, 0.3) is 0 Å². The Morgan fingerprint density at radius 1 is 1.29 bits per heavy atom. The molecule has 98 valence electrons. The first-order chi connectivity index (χ1) is 8.15. The topological polar surface area (TPSA) is 57.2 Å². The monoisotopic (exact) mass is 245 g/mol. The summed E-state index contributed by atoms with van der Waals surface area (Å²) in [5.74, 6) is 0. The van der Waals surface area contributed by atoms with Crippen LogP contribution in [-0.4, -0.2) is 62.4 Å². The molecule has 0 saturated carbocycles. The highest BCUT2D eigenvalue weighted by Gasteiger charge is 2.28. The Bertz CT molecular complexity index is 273. The molecule has 2 rings (SSSR count). The van der Waals surface area contributed by atoms with E-state index in [-0.39, 0.29) is 18.3 Å². The molecule has 0 aliphatic carbocycles. The van der Waals surface area contributed by atoms with Gasteiger partial charge in [-0.3, -0.25) is 0 Å². The second-order valence-corrected chi connectivity index (χ2v) is 4.42. The first-order valence-electron chi connectivity index (χ1n) is 5.95. The van der Waals surface area contributed by atoms with Crippen molar-refractivity contribution in [1.82, 2.24) is 4.90 Å². The maximum atomic E-state index is 11.8. The maximum Gasteiger partial charge on any atom is 0.412 e. The standard InChI is InChI=1S/C11H19NO5/c1-8-5-12(3-4-15-8)11(13)17-10-7-14-6-9(2)16-10/h8-10H,3-7H2,1-2H3/t8-,9-,10?/m0/s1. The van der Waals surface area contributed by atoms with Crippen molar-refractivity contribution >= 4 is 6.09 Å². The smallest absolute Gasteiger partial charge is 0.412 e. The summed E-state index contributed by atoms with van der Waals surface area (Å²) in [5, 5.41) is 0. The van der Waals surface area contributed by atoms with Crippen LogP contribution in [-0.2, 0) is 18.9 Å². The molecule has 6 heteroatoms. The molecule has 2 heterocycles. The number of ether oxygens (including phenoxy) is 4. The number of rotatable bonds is 1. The number of hydrogen-bond donors (Lipinski definition) is 0. The molecule has 0 radical (unpaired) electrons. The summed E-state index contributed by atoms with van der Waals surface area (Å²) < 4.78 is 21.3. The van der Waals surface area contributed by atoms with E-state index in [0.717, 1.165) is 0 Å². The fraction of sp³-hybridized carbons (Fsp3) is 0.909. The van der Waals surface area contributed by atoms with Gasteiger partial charge >= 0.3 is 6.09 Å². The summed E-state index contributed by atoms with van der Waals surface area (Å²) in [6.45, 7) is 6.33. The molecule has 2 fully saturated rings. The van der Waals surface area contributed by atoms with E-state index in [1.807, 2.05) is 13.8 Å². The Balaban J connectivity index is 1.79. The molecule has 6 nitrogen and oxygen atoms in total. The third kappa shape index (κ3) is 3.55. The van der Waals surface area contributed by atoms with Gasteiger partial charge < -0.3 is 23.8 Å². The van der Waals surface area contributed by atoms with Crippen molar-refractivity contribution < 1.29 is 23.7 Å². The van der Waals surface area contributed by atoms with Crippen molar-refractivity contribution in [2.24, 2.45) is 0 Å². The predicted molar refractivity (Wildman–Crippen MR) is 58.6 cm³/mol. The highest BCUT2D eigenvalue weighted by molar-refractivity contribution is 5.67. The molecular formula is C11H19NO5. The molecule has 1 unspecified atom stereocenters. The molecule has 0 N–H and O–H groups in total. The highest BCUT2D eigenvalue weighted by Crippen LogP contribution is 2.12. The third-order valence-electron chi connectivity index (χ3n) is 2.72. The van der Waals surface area contributed by atoms with Gasteiger partial charge in [0.05, 0.1) is 32.0 Å². The minimum absolute atomic E-state index is 0.0369. The number of carbonyl (C=O) groups is 1. The molecule has 17 heavy (non-hydrogen) atoms. The Kier molecular flexibility index (Phi) is 4.20. The Morgan fingerprint density at radius 3 is 2.82 bits per heavy atom. The number of amides is 1. The normalized spacial score (nSPS) is 34.5. The molecule has 0 aromatic heterocycles. The minimum Gasteiger partial charge on any atom is -0.417 e. The van der Waals surface area contributed by atoms with Crippen LogP contribution < -0.4 is 0 Å². The summed E-state index contributed by atoms with van der Waals surface area (Å²) in [4.78, 5) is 13.5. The van der Waals surface area contributed by atoms with Gasteiger partial charge in [0.2, 0.25) is 6.29 Å². The van der Waals surface area contributed by atoms with E-state index in [0.29, 0.717) is 32.9 Å². The minimum atomic E-state index is -0.593. The van der Waals surface area contributed by atoms with Gasteiger partial charge in [-0.2, -0.15) is 0 Å². The number of morpholine rings is 1. The second-order valence-electron chi connectivity index (χ2n) is 4.42. The van der Waals surface area contributed by atoms with Gasteiger partial charge in [-0.05, 0) is 13.8 Å². The first kappa shape index (κ1) is 12.6. The van der Waals surface area contributed by atoms with Crippen LogP contribution in [0.2, 0.25) is 0 Å². The van der Waals surface area contributed by atoms with Crippen molar-refractivity contribution in [2.45, 2.75) is 32.3 Å². The van der Waals surface area contributed by atoms with Crippen LogP contribution in [0.25, 0.3) is 0 Å². The van der Waals surface area contributed by atoms with E-state index in [2.05, 4.69) is 0 Å². The maximum absolute atomic E-state index is 11.8. The molecule has 0 bridgehead atoms. The molecule has 0 aromatic rings. The lowest BCUT2D eigenvalue weighted by atomic mass is 10.3. The summed E-state index contributed by atoms with van der Waals surface area (Å²) in [6.07, 6.45) is -0.934. The van der Waals surface area contributed by atoms with E-state index in [1.165, 1.54) is 0 Å². The third-order valence-corrected chi connectivity index (χ3v) is 2.72. The molecule has 2 aliphatic heterocycles. The molecule has 0 aromatic carbocycles. The highest BCUT2D eigenvalue weighted by atomic mass is 16.7. The fourth-order valence-corrected chi connectivity index (χ4v) is 1.90. The summed E-state index contributed by atoms with van der Waals surface area (Å²) in [6, 6.07) is 0. The molecule has 3 atom stereocenters. The largest absolute Gasteiger partial charge is 0.417 e. The van der Waals surface area contributed by atoms with Crippen molar-refractivity contribution in [2.75, 3.05) is 32.9 Å². The van der Waals surface area contributed by atoms with E-state index < -0.39 is 6.29 Å². The zero-order valence-corrected chi connectivity index (χ0v) is 10.3. The van der Waals surface area contributed by atoms with Gasteiger partial charge in [-0.1, -0.05) is 0 Å². The number of nitrogens with zero attached hydrogens (tertiary/aromatic N) is 1. The van der Waals surface area contributed by atoms with Crippen LogP contribution >= 0.6 is 0 Å². The van der Waals surface area contributed by atoms with Gasteiger partial charge in [-0.15, -0.1) is 0 Å². The SMILES string of the molecule is C[C@H]1CN(C(=O)OC2COC[C@H](C)O2)CCO1. The van der Waals surface area contributed by atoms with Crippen LogP contribution in [0.1, 0.15) is 13.8 Å². The zero-order valence-electron chi connectivity index (χ0n) is 10.3. The van der Waals surface area contributed by atoms with Crippen LogP contribution in [0.5, 0.6) is 0 Å². The van der Waals surface area contributed by atoms with E-state index in [1.54, 1.807) is 4.90 Å².